The molecule has 3 rings (SSSR count). The maximum absolute atomic E-state index is 13.0. The lowest BCUT2D eigenvalue weighted by atomic mass is 9.84. The Hall–Kier alpha value is -3.09. The lowest BCUT2D eigenvalue weighted by Gasteiger charge is -2.30. The third-order valence-electron chi connectivity index (χ3n) is 5.12. The number of carboxylic acids is 1. The Morgan fingerprint density at radius 2 is 1.76 bits per heavy atom. The lowest BCUT2D eigenvalue weighted by Crippen LogP contribution is -2.46. The Bertz CT molecular complexity index is 1260. The zero-order valence-electron chi connectivity index (χ0n) is 17.5. The van der Waals surface area contributed by atoms with Gasteiger partial charge in [0.05, 0.1) is 15.5 Å². The van der Waals surface area contributed by atoms with Crippen LogP contribution in [0.2, 0.25) is 0 Å². The van der Waals surface area contributed by atoms with Gasteiger partial charge in [0.25, 0.3) is 10.0 Å². The number of anilines is 1. The number of hydrogen-bond acceptors (Lipinski definition) is 7. The van der Waals surface area contributed by atoms with Gasteiger partial charge in [0, 0.05) is 23.9 Å². The van der Waals surface area contributed by atoms with E-state index in [1.165, 1.54) is 36.4 Å². The van der Waals surface area contributed by atoms with E-state index in [0.717, 1.165) is 6.21 Å². The van der Waals surface area contributed by atoms with Gasteiger partial charge in [-0.05, 0) is 49.6 Å². The molecule has 0 bridgehead atoms. The first-order valence-corrected chi connectivity index (χ1v) is 13.0. The Kier molecular flexibility index (Phi) is 7.61. The van der Waals surface area contributed by atoms with E-state index in [0.29, 0.717) is 25.0 Å². The van der Waals surface area contributed by atoms with Crippen molar-refractivity contribution < 1.29 is 26.7 Å². The van der Waals surface area contributed by atoms with Crippen LogP contribution in [0.25, 0.3) is 0 Å². The zero-order chi connectivity index (χ0) is 24.1. The molecule has 33 heavy (non-hydrogen) atoms. The van der Waals surface area contributed by atoms with E-state index in [1.807, 2.05) is 0 Å². The van der Waals surface area contributed by atoms with Crippen molar-refractivity contribution in [3.8, 4) is 0 Å². The molecule has 12 heteroatoms. The maximum atomic E-state index is 13.0. The van der Waals surface area contributed by atoms with Crippen molar-refractivity contribution in [3.63, 3.8) is 0 Å². The summed E-state index contributed by atoms with van der Waals surface area (Å²) in [7, 11) is -7.95. The van der Waals surface area contributed by atoms with Gasteiger partial charge in [-0.15, -0.1) is 0 Å². The largest absolute Gasteiger partial charge is 0.480 e. The van der Waals surface area contributed by atoms with E-state index in [2.05, 4.69) is 14.4 Å². The summed E-state index contributed by atoms with van der Waals surface area (Å²) in [6.07, 6.45) is 2.60. The Balaban J connectivity index is 1.81. The average Bonchev–Trinajstić information content (AvgIpc) is 2.78. The standard InChI is InChI=1S/C21H24N4O6S2/c22-13-18-19(23-14-21(26)27)10-5-11-20(18)25-33(30,31)17-9-4-6-15(12-17)24-32(28,29)16-7-2-1-3-8-16/h1-4,6-9,12-13,18,20,22,24-25H,5,10-11,14H2,(H,26,27). The normalized spacial score (nSPS) is 20.3. The second-order valence-electron chi connectivity index (χ2n) is 7.46. The molecular formula is C21H24N4O6S2. The molecular weight excluding hydrogens is 468 g/mol. The van der Waals surface area contributed by atoms with Gasteiger partial charge in [0.15, 0.2) is 0 Å². The summed E-state index contributed by atoms with van der Waals surface area (Å²) in [6.45, 7) is -0.442. The number of rotatable bonds is 9. The van der Waals surface area contributed by atoms with E-state index in [1.54, 1.807) is 18.2 Å². The second-order valence-corrected chi connectivity index (χ2v) is 10.9. The fourth-order valence-corrected chi connectivity index (χ4v) is 6.00. The van der Waals surface area contributed by atoms with Crippen LogP contribution in [-0.2, 0) is 24.8 Å². The molecule has 176 valence electrons. The zero-order valence-corrected chi connectivity index (χ0v) is 19.1. The molecule has 0 aliphatic heterocycles. The number of nitrogens with one attached hydrogen (secondary N) is 3. The van der Waals surface area contributed by atoms with E-state index < -0.39 is 44.5 Å². The molecule has 1 saturated carbocycles. The molecule has 2 aromatic rings. The topological polar surface area (TPSA) is 166 Å². The van der Waals surface area contributed by atoms with Crippen LogP contribution in [0.3, 0.4) is 0 Å². The van der Waals surface area contributed by atoms with Gasteiger partial charge in [-0.1, -0.05) is 24.3 Å². The molecule has 0 radical (unpaired) electrons. The number of nitrogens with zero attached hydrogens (tertiary/aromatic N) is 1. The predicted molar refractivity (Wildman–Crippen MR) is 124 cm³/mol. The molecule has 1 aliphatic carbocycles. The number of hydrogen-bond donors (Lipinski definition) is 4. The number of sulfonamides is 2. The van der Waals surface area contributed by atoms with Gasteiger partial charge in [-0.2, -0.15) is 0 Å². The smallest absolute Gasteiger partial charge is 0.325 e. The van der Waals surface area contributed by atoms with Crippen molar-refractivity contribution in [2.24, 2.45) is 10.9 Å². The first-order valence-electron chi connectivity index (χ1n) is 10.1. The Morgan fingerprint density at radius 1 is 1.06 bits per heavy atom. The highest BCUT2D eigenvalue weighted by Crippen LogP contribution is 2.25. The highest BCUT2D eigenvalue weighted by molar-refractivity contribution is 7.92. The SMILES string of the molecule is N=CC1C(=NCC(=O)O)CCCC1NS(=O)(=O)c1cccc(NS(=O)(=O)c2ccccc2)c1. The summed E-state index contributed by atoms with van der Waals surface area (Å²) in [6, 6.07) is 12.4. The molecule has 10 nitrogen and oxygen atoms in total. The molecule has 2 atom stereocenters. The summed E-state index contributed by atoms with van der Waals surface area (Å²) < 4.78 is 56.1. The number of carbonyl (C=O) groups is 1. The molecule has 0 saturated heterocycles. The minimum atomic E-state index is -4.06. The highest BCUT2D eigenvalue weighted by atomic mass is 32.2. The minimum absolute atomic E-state index is 0.0422. The van der Waals surface area contributed by atoms with E-state index in [-0.39, 0.29) is 15.5 Å². The van der Waals surface area contributed by atoms with Crippen LogP contribution in [0, 0.1) is 11.3 Å². The van der Waals surface area contributed by atoms with Crippen molar-refractivity contribution in [2.75, 3.05) is 11.3 Å². The number of aliphatic imine (C=N–C) groups is 1. The third kappa shape index (κ3) is 6.24. The molecule has 0 heterocycles. The van der Waals surface area contributed by atoms with Crippen LogP contribution in [0.4, 0.5) is 5.69 Å². The number of carboxylic acid groups (broad SMARTS) is 1. The van der Waals surface area contributed by atoms with Crippen molar-refractivity contribution in [3.05, 3.63) is 54.6 Å². The molecule has 0 aromatic heterocycles. The van der Waals surface area contributed by atoms with E-state index >= 15 is 0 Å². The van der Waals surface area contributed by atoms with Gasteiger partial charge in [-0.25, -0.2) is 21.6 Å². The number of aliphatic carboxylic acids is 1. The van der Waals surface area contributed by atoms with Crippen LogP contribution in [0.5, 0.6) is 0 Å². The van der Waals surface area contributed by atoms with E-state index in [4.69, 9.17) is 10.5 Å². The van der Waals surface area contributed by atoms with Crippen LogP contribution in [0.1, 0.15) is 19.3 Å². The summed E-state index contributed by atoms with van der Waals surface area (Å²) in [5, 5.41) is 16.6. The van der Waals surface area contributed by atoms with Gasteiger partial charge in [0.1, 0.15) is 6.54 Å². The summed E-state index contributed by atoms with van der Waals surface area (Å²) in [5.74, 6) is -1.77. The molecule has 1 fully saturated rings. The Labute approximate surface area is 192 Å². The van der Waals surface area contributed by atoms with Crippen LogP contribution < -0.4 is 9.44 Å². The van der Waals surface area contributed by atoms with Crippen LogP contribution >= 0.6 is 0 Å². The first-order chi connectivity index (χ1) is 15.6. The van der Waals surface area contributed by atoms with Crippen molar-refractivity contribution in [1.82, 2.24) is 4.72 Å². The minimum Gasteiger partial charge on any atom is -0.480 e. The Morgan fingerprint density at radius 3 is 2.42 bits per heavy atom. The summed E-state index contributed by atoms with van der Waals surface area (Å²) >= 11 is 0. The molecule has 0 spiro atoms. The lowest BCUT2D eigenvalue weighted by molar-refractivity contribution is -0.135. The summed E-state index contributed by atoms with van der Waals surface area (Å²) in [5.41, 5.74) is 0.549. The molecule has 0 amide bonds. The van der Waals surface area contributed by atoms with Gasteiger partial charge in [0.2, 0.25) is 10.0 Å². The second kappa shape index (κ2) is 10.2. The average molecular weight is 493 g/mol. The van der Waals surface area contributed by atoms with Gasteiger partial charge < -0.3 is 10.5 Å². The van der Waals surface area contributed by atoms with Crippen LogP contribution in [-0.4, -0.2) is 52.4 Å². The maximum Gasteiger partial charge on any atom is 0.325 e. The highest BCUT2D eigenvalue weighted by Gasteiger charge is 2.32. The van der Waals surface area contributed by atoms with Crippen molar-refractivity contribution in [1.29, 1.82) is 5.41 Å². The van der Waals surface area contributed by atoms with Crippen molar-refractivity contribution in [2.45, 2.75) is 35.1 Å². The van der Waals surface area contributed by atoms with Crippen molar-refractivity contribution >= 4 is 43.6 Å². The monoisotopic (exact) mass is 492 g/mol. The molecule has 4 N–H and O–H groups in total. The first kappa shape index (κ1) is 24.6. The predicted octanol–water partition coefficient (Wildman–Crippen LogP) is 2.11. The van der Waals surface area contributed by atoms with Gasteiger partial charge in [-0.3, -0.25) is 14.5 Å². The molecule has 2 aromatic carbocycles. The molecule has 2 unspecified atom stereocenters. The fourth-order valence-electron chi connectivity index (χ4n) is 3.59. The number of benzene rings is 2. The van der Waals surface area contributed by atoms with Crippen LogP contribution in [0.15, 0.2) is 69.4 Å². The molecule has 1 aliphatic rings. The third-order valence-corrected chi connectivity index (χ3v) is 8.00. The summed E-state index contributed by atoms with van der Waals surface area (Å²) in [4.78, 5) is 14.8. The fraction of sp³-hybridized carbons (Fsp3) is 0.286. The van der Waals surface area contributed by atoms with E-state index in [9.17, 15) is 21.6 Å². The quantitative estimate of drug-likeness (QED) is 0.391. The van der Waals surface area contributed by atoms with Gasteiger partial charge >= 0.3 is 5.97 Å².